The first-order valence-electron chi connectivity index (χ1n) is 5.22. The van der Waals surface area contributed by atoms with Crippen molar-refractivity contribution in [3.05, 3.63) is 30.2 Å². The molecule has 0 radical (unpaired) electrons. The normalized spacial score (nSPS) is 12.3. The van der Waals surface area contributed by atoms with Crippen LogP contribution in [-0.2, 0) is 11.3 Å². The quantitative estimate of drug-likeness (QED) is 0.696. The van der Waals surface area contributed by atoms with Crippen LogP contribution in [0.1, 0.15) is 18.5 Å². The Labute approximate surface area is 98.0 Å². The van der Waals surface area contributed by atoms with Crippen molar-refractivity contribution in [3.63, 3.8) is 0 Å². The average Bonchev–Trinajstić information content (AvgIpc) is 2.89. The van der Waals surface area contributed by atoms with E-state index in [1.54, 1.807) is 24.7 Å². The Morgan fingerprint density at radius 1 is 1.71 bits per heavy atom. The van der Waals surface area contributed by atoms with Crippen LogP contribution >= 0.6 is 0 Å². The molecule has 1 atom stereocenters. The lowest BCUT2D eigenvalue weighted by Crippen LogP contribution is -2.30. The number of hydrogen-bond acceptors (Lipinski definition) is 4. The molecular weight excluding hydrogens is 220 g/mol. The zero-order valence-electron chi connectivity index (χ0n) is 9.42. The van der Waals surface area contributed by atoms with Crippen LogP contribution in [0.15, 0.2) is 24.7 Å². The summed E-state index contributed by atoms with van der Waals surface area (Å²) in [7, 11) is 0. The summed E-state index contributed by atoms with van der Waals surface area (Å²) in [5.41, 5.74) is 6.39. The van der Waals surface area contributed by atoms with Crippen molar-refractivity contribution in [1.29, 1.82) is 0 Å². The average molecular weight is 234 g/mol. The van der Waals surface area contributed by atoms with Crippen molar-refractivity contribution in [2.45, 2.75) is 19.5 Å². The van der Waals surface area contributed by atoms with Gasteiger partial charge in [-0.15, -0.1) is 0 Å². The highest BCUT2D eigenvalue weighted by Gasteiger charge is 2.10. The molecule has 1 unspecified atom stereocenters. The number of nitrogens with zero attached hydrogens (tertiary/aromatic N) is 3. The first-order valence-corrected chi connectivity index (χ1v) is 5.22. The van der Waals surface area contributed by atoms with Crippen LogP contribution in [0.4, 0.5) is 5.82 Å². The summed E-state index contributed by atoms with van der Waals surface area (Å²) < 4.78 is 1.49. The Morgan fingerprint density at radius 2 is 2.53 bits per heavy atom. The van der Waals surface area contributed by atoms with Gasteiger partial charge < -0.3 is 11.1 Å². The van der Waals surface area contributed by atoms with Crippen molar-refractivity contribution in [1.82, 2.24) is 25.3 Å². The molecule has 0 saturated heterocycles. The van der Waals surface area contributed by atoms with E-state index in [9.17, 15) is 4.79 Å². The number of hydrogen-bond donors (Lipinski definition) is 3. The molecule has 0 saturated carbocycles. The highest BCUT2D eigenvalue weighted by atomic mass is 16.2. The monoisotopic (exact) mass is 234 g/mol. The number of carbonyl (C=O) groups is 1. The Hall–Kier alpha value is -2.31. The first-order chi connectivity index (χ1) is 8.15. The van der Waals surface area contributed by atoms with Crippen LogP contribution in [0.25, 0.3) is 0 Å². The number of amides is 1. The summed E-state index contributed by atoms with van der Waals surface area (Å²) in [6, 6.07) is 1.56. The van der Waals surface area contributed by atoms with Gasteiger partial charge in [0.05, 0.1) is 12.2 Å². The van der Waals surface area contributed by atoms with Gasteiger partial charge in [0, 0.05) is 18.0 Å². The van der Waals surface area contributed by atoms with Crippen molar-refractivity contribution in [2.24, 2.45) is 0 Å². The highest BCUT2D eigenvalue weighted by Crippen LogP contribution is 2.08. The Morgan fingerprint density at radius 3 is 3.12 bits per heavy atom. The zero-order valence-corrected chi connectivity index (χ0v) is 9.42. The van der Waals surface area contributed by atoms with Crippen molar-refractivity contribution >= 4 is 11.7 Å². The van der Waals surface area contributed by atoms with E-state index in [0.29, 0.717) is 5.82 Å². The van der Waals surface area contributed by atoms with Gasteiger partial charge in [0.15, 0.2) is 0 Å². The number of nitrogens with two attached hydrogens (primary N) is 1. The van der Waals surface area contributed by atoms with Gasteiger partial charge in [-0.05, 0) is 13.0 Å². The molecule has 7 heteroatoms. The van der Waals surface area contributed by atoms with Crippen LogP contribution in [-0.4, -0.2) is 25.9 Å². The SMILES string of the molecule is CC(NC(=O)Cn1ccc(N)n1)c1cn[nH]c1. The molecule has 0 spiro atoms. The topological polar surface area (TPSA) is 102 Å². The van der Waals surface area contributed by atoms with Crippen molar-refractivity contribution < 1.29 is 4.79 Å². The molecule has 2 aromatic rings. The van der Waals surface area contributed by atoms with Crippen LogP contribution < -0.4 is 11.1 Å². The first kappa shape index (κ1) is 11.2. The number of anilines is 1. The molecule has 2 aromatic heterocycles. The van der Waals surface area contributed by atoms with Gasteiger partial charge in [-0.25, -0.2) is 0 Å². The molecule has 90 valence electrons. The summed E-state index contributed by atoms with van der Waals surface area (Å²) in [5.74, 6) is 0.280. The van der Waals surface area contributed by atoms with Gasteiger partial charge in [0.25, 0.3) is 0 Å². The molecule has 2 heterocycles. The lowest BCUT2D eigenvalue weighted by atomic mass is 10.2. The molecular formula is C10H14N6O. The van der Waals surface area contributed by atoms with E-state index in [1.165, 1.54) is 4.68 Å². The second kappa shape index (κ2) is 4.69. The van der Waals surface area contributed by atoms with Crippen LogP contribution in [0.2, 0.25) is 0 Å². The Kier molecular flexibility index (Phi) is 3.08. The molecule has 0 fully saturated rings. The summed E-state index contributed by atoms with van der Waals surface area (Å²) in [6.45, 7) is 2.04. The fourth-order valence-electron chi connectivity index (χ4n) is 1.48. The Balaban J connectivity index is 1.89. The fourth-order valence-corrected chi connectivity index (χ4v) is 1.48. The number of carbonyl (C=O) groups excluding carboxylic acids is 1. The third-order valence-electron chi connectivity index (χ3n) is 2.36. The number of nitrogen functional groups attached to an aromatic ring is 1. The molecule has 0 aliphatic carbocycles. The van der Waals surface area contributed by atoms with Gasteiger partial charge >= 0.3 is 0 Å². The standard InChI is InChI=1S/C10H14N6O/c1-7(8-4-12-13-5-8)14-10(17)6-16-3-2-9(11)15-16/h2-5,7H,6H2,1H3,(H2,11,15)(H,12,13)(H,14,17). The predicted octanol–water partition coefficient (Wildman–Crippen LogP) is 0.0658. The summed E-state index contributed by atoms with van der Waals surface area (Å²) in [6.07, 6.45) is 5.09. The van der Waals surface area contributed by atoms with Gasteiger partial charge in [-0.3, -0.25) is 14.6 Å². The third-order valence-corrected chi connectivity index (χ3v) is 2.36. The summed E-state index contributed by atoms with van der Waals surface area (Å²) in [5, 5.41) is 13.3. The van der Waals surface area contributed by atoms with E-state index < -0.39 is 0 Å². The number of H-pyrrole nitrogens is 1. The number of nitrogens with one attached hydrogen (secondary N) is 2. The van der Waals surface area contributed by atoms with E-state index in [1.807, 2.05) is 6.92 Å². The van der Waals surface area contributed by atoms with Crippen LogP contribution in [0.5, 0.6) is 0 Å². The second-order valence-electron chi connectivity index (χ2n) is 3.76. The number of aromatic nitrogens is 4. The Bertz CT molecular complexity index is 489. The molecule has 4 N–H and O–H groups in total. The summed E-state index contributed by atoms with van der Waals surface area (Å²) >= 11 is 0. The zero-order chi connectivity index (χ0) is 12.3. The van der Waals surface area contributed by atoms with Crippen LogP contribution in [0, 0.1) is 0 Å². The third kappa shape index (κ3) is 2.83. The van der Waals surface area contributed by atoms with Gasteiger partial charge in [-0.2, -0.15) is 10.2 Å². The molecule has 0 aliphatic rings. The summed E-state index contributed by atoms with van der Waals surface area (Å²) in [4.78, 5) is 11.7. The second-order valence-corrected chi connectivity index (χ2v) is 3.76. The fraction of sp³-hybridized carbons (Fsp3) is 0.300. The van der Waals surface area contributed by atoms with Crippen LogP contribution in [0.3, 0.4) is 0 Å². The molecule has 1 amide bonds. The molecule has 7 nitrogen and oxygen atoms in total. The molecule has 17 heavy (non-hydrogen) atoms. The van der Waals surface area contributed by atoms with E-state index in [4.69, 9.17) is 5.73 Å². The highest BCUT2D eigenvalue weighted by molar-refractivity contribution is 5.76. The lowest BCUT2D eigenvalue weighted by Gasteiger charge is -2.11. The number of rotatable bonds is 4. The smallest absolute Gasteiger partial charge is 0.242 e. The predicted molar refractivity (Wildman–Crippen MR) is 61.8 cm³/mol. The van der Waals surface area contributed by atoms with Gasteiger partial charge in [0.2, 0.25) is 5.91 Å². The minimum atomic E-state index is -0.123. The minimum Gasteiger partial charge on any atom is -0.382 e. The lowest BCUT2D eigenvalue weighted by molar-refractivity contribution is -0.122. The molecule has 0 aromatic carbocycles. The minimum absolute atomic E-state index is 0.0887. The number of aromatic amines is 1. The molecule has 0 bridgehead atoms. The van der Waals surface area contributed by atoms with Crippen molar-refractivity contribution in [2.75, 3.05) is 5.73 Å². The van der Waals surface area contributed by atoms with E-state index in [0.717, 1.165) is 5.56 Å². The van der Waals surface area contributed by atoms with Gasteiger partial charge in [0.1, 0.15) is 12.4 Å². The molecule has 0 aliphatic heterocycles. The van der Waals surface area contributed by atoms with E-state index in [2.05, 4.69) is 20.6 Å². The van der Waals surface area contributed by atoms with Gasteiger partial charge in [-0.1, -0.05) is 0 Å². The maximum Gasteiger partial charge on any atom is 0.242 e. The maximum absolute atomic E-state index is 11.7. The van der Waals surface area contributed by atoms with Crippen molar-refractivity contribution in [3.8, 4) is 0 Å². The van der Waals surface area contributed by atoms with E-state index in [-0.39, 0.29) is 18.5 Å². The molecule has 2 rings (SSSR count). The largest absolute Gasteiger partial charge is 0.382 e. The van der Waals surface area contributed by atoms with E-state index >= 15 is 0 Å². The maximum atomic E-state index is 11.7.